The topological polar surface area (TPSA) is 73.2 Å². The summed E-state index contributed by atoms with van der Waals surface area (Å²) in [7, 11) is 0. The first-order valence-electron chi connectivity index (χ1n) is 8.38. The molecule has 0 bridgehead atoms. The van der Waals surface area contributed by atoms with Gasteiger partial charge in [-0.15, -0.1) is 0 Å². The van der Waals surface area contributed by atoms with E-state index in [-0.39, 0.29) is 17.2 Å². The minimum absolute atomic E-state index is 0.187. The minimum atomic E-state index is -0.383. The monoisotopic (exact) mass is 349 g/mol. The average molecular weight is 349 g/mol. The van der Waals surface area contributed by atoms with Gasteiger partial charge in [-0.2, -0.15) is 5.10 Å². The number of anilines is 1. The Labute approximate surface area is 151 Å². The highest BCUT2D eigenvalue weighted by Gasteiger charge is 2.10. The molecule has 132 valence electrons. The molecule has 0 saturated heterocycles. The molecule has 1 amide bonds. The van der Waals surface area contributed by atoms with Crippen molar-refractivity contribution in [2.45, 2.75) is 19.9 Å². The van der Waals surface area contributed by atoms with E-state index in [0.717, 1.165) is 6.42 Å². The molecule has 0 aliphatic carbocycles. The van der Waals surface area contributed by atoms with Crippen molar-refractivity contribution in [1.82, 2.24) is 9.78 Å². The van der Waals surface area contributed by atoms with E-state index < -0.39 is 0 Å². The summed E-state index contributed by atoms with van der Waals surface area (Å²) in [6.45, 7) is 2.42. The van der Waals surface area contributed by atoms with Gasteiger partial charge in [0.05, 0.1) is 0 Å². The highest BCUT2D eigenvalue weighted by atomic mass is 16.5. The molecule has 0 atom stereocenters. The van der Waals surface area contributed by atoms with E-state index in [1.165, 1.54) is 16.8 Å². The summed E-state index contributed by atoms with van der Waals surface area (Å²) in [5.74, 6) is 0.939. The van der Waals surface area contributed by atoms with Crippen LogP contribution in [0.25, 0.3) is 0 Å². The molecular formula is C20H19N3O3. The third-order valence-electron chi connectivity index (χ3n) is 3.61. The molecule has 3 aromatic rings. The Morgan fingerprint density at radius 1 is 1.04 bits per heavy atom. The van der Waals surface area contributed by atoms with Crippen molar-refractivity contribution in [1.29, 1.82) is 0 Å². The molecule has 6 nitrogen and oxygen atoms in total. The van der Waals surface area contributed by atoms with Gasteiger partial charge in [0.15, 0.2) is 0 Å². The number of para-hydroxylation sites is 1. The maximum absolute atomic E-state index is 12.4. The number of carbonyl (C=O) groups excluding carboxylic acids is 1. The fourth-order valence-electron chi connectivity index (χ4n) is 2.40. The van der Waals surface area contributed by atoms with Gasteiger partial charge in [-0.25, -0.2) is 4.68 Å². The van der Waals surface area contributed by atoms with E-state index in [0.29, 0.717) is 23.7 Å². The number of hydrogen-bond donors (Lipinski definition) is 1. The zero-order valence-electron chi connectivity index (χ0n) is 14.4. The Bertz CT molecular complexity index is 952. The predicted molar refractivity (Wildman–Crippen MR) is 99.7 cm³/mol. The molecule has 0 spiro atoms. The molecule has 2 aromatic carbocycles. The molecule has 0 radical (unpaired) electrons. The summed E-state index contributed by atoms with van der Waals surface area (Å²) in [6, 6.07) is 19.3. The van der Waals surface area contributed by atoms with Crippen molar-refractivity contribution in [2.24, 2.45) is 0 Å². The van der Waals surface area contributed by atoms with E-state index >= 15 is 0 Å². The number of benzene rings is 2. The van der Waals surface area contributed by atoms with Gasteiger partial charge in [-0.1, -0.05) is 31.2 Å². The van der Waals surface area contributed by atoms with Gasteiger partial charge in [0.1, 0.15) is 17.2 Å². The predicted octanol–water partition coefficient (Wildman–Crippen LogP) is 3.70. The number of ether oxygens (including phenoxy) is 1. The molecule has 0 unspecified atom stereocenters. The highest BCUT2D eigenvalue weighted by molar-refractivity contribution is 6.02. The fraction of sp³-hybridized carbons (Fsp3) is 0.150. The lowest BCUT2D eigenvalue weighted by Crippen LogP contribution is -2.26. The lowest BCUT2D eigenvalue weighted by molar-refractivity contribution is 0.102. The van der Waals surface area contributed by atoms with Gasteiger partial charge in [-0.3, -0.25) is 9.59 Å². The maximum atomic E-state index is 12.4. The van der Waals surface area contributed by atoms with Crippen molar-refractivity contribution in [2.75, 3.05) is 5.32 Å². The van der Waals surface area contributed by atoms with E-state index in [1.54, 1.807) is 18.2 Å². The van der Waals surface area contributed by atoms with Crippen LogP contribution in [0.3, 0.4) is 0 Å². The smallest absolute Gasteiger partial charge is 0.276 e. The van der Waals surface area contributed by atoms with Crippen LogP contribution in [-0.2, 0) is 6.54 Å². The molecule has 0 aliphatic heterocycles. The fourth-order valence-corrected chi connectivity index (χ4v) is 2.40. The van der Waals surface area contributed by atoms with Crippen molar-refractivity contribution >= 4 is 11.6 Å². The zero-order valence-corrected chi connectivity index (χ0v) is 14.4. The Hall–Kier alpha value is -3.41. The number of rotatable bonds is 6. The summed E-state index contributed by atoms with van der Waals surface area (Å²) in [4.78, 5) is 24.1. The first-order valence-corrected chi connectivity index (χ1v) is 8.38. The number of aryl methyl sites for hydroxylation is 1. The zero-order chi connectivity index (χ0) is 18.4. The standard InChI is InChI=1S/C20H19N3O3/c1-2-13-23-19(24)12-11-18(22-23)20(25)21-15-7-6-10-17(14-15)26-16-8-4-3-5-9-16/h3-12,14H,2,13H2,1H3,(H,21,25). The third kappa shape index (κ3) is 4.36. The Kier molecular flexibility index (Phi) is 5.43. The van der Waals surface area contributed by atoms with Crippen LogP contribution in [0, 0.1) is 0 Å². The van der Waals surface area contributed by atoms with E-state index in [1.807, 2.05) is 43.3 Å². The van der Waals surface area contributed by atoms with Gasteiger partial charge in [0, 0.05) is 24.4 Å². The molecule has 3 rings (SSSR count). The van der Waals surface area contributed by atoms with Crippen LogP contribution in [0.2, 0.25) is 0 Å². The second-order valence-corrected chi connectivity index (χ2v) is 5.68. The van der Waals surface area contributed by atoms with Gasteiger partial charge >= 0.3 is 0 Å². The van der Waals surface area contributed by atoms with E-state index in [9.17, 15) is 9.59 Å². The second kappa shape index (κ2) is 8.11. The number of carbonyl (C=O) groups is 1. The maximum Gasteiger partial charge on any atom is 0.276 e. The summed E-state index contributed by atoms with van der Waals surface area (Å²) in [5, 5.41) is 6.89. The highest BCUT2D eigenvalue weighted by Crippen LogP contribution is 2.24. The Balaban J connectivity index is 1.74. The molecule has 1 N–H and O–H groups in total. The molecule has 0 fully saturated rings. The molecule has 0 aliphatic rings. The van der Waals surface area contributed by atoms with Crippen molar-refractivity contribution in [3.8, 4) is 11.5 Å². The van der Waals surface area contributed by atoms with E-state index in [2.05, 4.69) is 10.4 Å². The number of aromatic nitrogens is 2. The summed E-state index contributed by atoms with van der Waals surface area (Å²) in [6.07, 6.45) is 0.761. The normalized spacial score (nSPS) is 10.3. The molecule has 26 heavy (non-hydrogen) atoms. The van der Waals surface area contributed by atoms with Crippen LogP contribution in [0.1, 0.15) is 23.8 Å². The number of nitrogens with one attached hydrogen (secondary N) is 1. The van der Waals surface area contributed by atoms with E-state index in [4.69, 9.17) is 4.74 Å². The van der Waals surface area contributed by atoms with Gasteiger partial charge in [0.2, 0.25) is 0 Å². The summed E-state index contributed by atoms with van der Waals surface area (Å²) in [5.41, 5.74) is 0.549. The summed E-state index contributed by atoms with van der Waals surface area (Å²) < 4.78 is 7.06. The summed E-state index contributed by atoms with van der Waals surface area (Å²) >= 11 is 0. The molecule has 1 heterocycles. The number of hydrogen-bond acceptors (Lipinski definition) is 4. The first kappa shape index (κ1) is 17.4. The van der Waals surface area contributed by atoms with Gasteiger partial charge in [0.25, 0.3) is 11.5 Å². The lowest BCUT2D eigenvalue weighted by Gasteiger charge is -2.09. The molecule has 6 heteroatoms. The van der Waals surface area contributed by atoms with Crippen LogP contribution >= 0.6 is 0 Å². The quantitative estimate of drug-likeness (QED) is 0.736. The SMILES string of the molecule is CCCn1nc(C(=O)Nc2cccc(Oc3ccccc3)c2)ccc1=O. The third-order valence-corrected chi connectivity index (χ3v) is 3.61. The van der Waals surface area contributed by atoms with Crippen LogP contribution in [-0.4, -0.2) is 15.7 Å². The number of amides is 1. The average Bonchev–Trinajstić information content (AvgIpc) is 2.65. The van der Waals surface area contributed by atoms with Crippen molar-refractivity contribution in [3.63, 3.8) is 0 Å². The Morgan fingerprint density at radius 3 is 2.58 bits per heavy atom. The Morgan fingerprint density at radius 2 is 1.81 bits per heavy atom. The largest absolute Gasteiger partial charge is 0.457 e. The van der Waals surface area contributed by atoms with Crippen molar-refractivity contribution in [3.05, 3.63) is 82.8 Å². The minimum Gasteiger partial charge on any atom is -0.457 e. The van der Waals surface area contributed by atoms with Gasteiger partial charge in [-0.05, 0) is 36.8 Å². The number of nitrogens with zero attached hydrogens (tertiary/aromatic N) is 2. The van der Waals surface area contributed by atoms with Crippen LogP contribution in [0.5, 0.6) is 11.5 Å². The van der Waals surface area contributed by atoms with Crippen LogP contribution < -0.4 is 15.6 Å². The molecule has 1 aromatic heterocycles. The second-order valence-electron chi connectivity index (χ2n) is 5.68. The molecule has 0 saturated carbocycles. The van der Waals surface area contributed by atoms with Crippen LogP contribution in [0.15, 0.2) is 71.5 Å². The van der Waals surface area contributed by atoms with Crippen LogP contribution in [0.4, 0.5) is 5.69 Å². The van der Waals surface area contributed by atoms with Crippen molar-refractivity contribution < 1.29 is 9.53 Å². The molecular weight excluding hydrogens is 330 g/mol. The van der Waals surface area contributed by atoms with Gasteiger partial charge < -0.3 is 10.1 Å². The lowest BCUT2D eigenvalue weighted by atomic mass is 10.2. The first-order chi connectivity index (χ1) is 12.7.